The van der Waals surface area contributed by atoms with E-state index in [1.54, 1.807) is 0 Å². The van der Waals surface area contributed by atoms with E-state index in [0.717, 1.165) is 6.20 Å². The Kier molecular flexibility index (Phi) is 4.02. The number of methoxy groups -OCH3 is 1. The Morgan fingerprint density at radius 2 is 2.12 bits per heavy atom. The van der Waals surface area contributed by atoms with Crippen molar-refractivity contribution in [1.29, 1.82) is 0 Å². The van der Waals surface area contributed by atoms with Gasteiger partial charge in [0, 0.05) is 0 Å². The van der Waals surface area contributed by atoms with Crippen molar-refractivity contribution in [2.75, 3.05) is 7.11 Å². The number of rotatable bonds is 3. The van der Waals surface area contributed by atoms with Crippen LogP contribution in [-0.4, -0.2) is 20.5 Å². The molecule has 0 amide bonds. The summed E-state index contributed by atoms with van der Waals surface area (Å²) >= 11 is 1.45. The predicted molar refractivity (Wildman–Crippen MR) is 59.8 cm³/mol. The van der Waals surface area contributed by atoms with Gasteiger partial charge in [0.15, 0.2) is 5.03 Å². The minimum Gasteiger partial charge on any atom is -0.495 e. The summed E-state index contributed by atoms with van der Waals surface area (Å²) in [4.78, 5) is 3.48. The molecule has 0 aliphatic heterocycles. The molecule has 1 rings (SSSR count). The highest BCUT2D eigenvalue weighted by molar-refractivity contribution is 14.1. The molecular formula is C7H7F2IN2O3S. The molecule has 1 aromatic heterocycles. The molecule has 0 saturated carbocycles. The zero-order valence-corrected chi connectivity index (χ0v) is 10.9. The van der Waals surface area contributed by atoms with Crippen molar-refractivity contribution in [3.05, 3.63) is 15.3 Å². The van der Waals surface area contributed by atoms with Crippen LogP contribution in [0.15, 0.2) is 11.2 Å². The monoisotopic (exact) mass is 364 g/mol. The summed E-state index contributed by atoms with van der Waals surface area (Å²) in [7, 11) is -2.93. The third-order valence-electron chi connectivity index (χ3n) is 1.70. The van der Waals surface area contributed by atoms with E-state index in [0.29, 0.717) is 0 Å². The number of aromatic nitrogens is 1. The first-order valence-corrected chi connectivity index (χ1v) is 6.45. The second kappa shape index (κ2) is 4.75. The number of pyridine rings is 1. The van der Waals surface area contributed by atoms with E-state index in [2.05, 4.69) is 9.72 Å². The van der Waals surface area contributed by atoms with Crippen LogP contribution < -0.4 is 9.88 Å². The molecule has 1 aromatic rings. The van der Waals surface area contributed by atoms with Gasteiger partial charge in [-0.15, -0.1) is 0 Å². The van der Waals surface area contributed by atoms with E-state index in [4.69, 9.17) is 5.14 Å². The number of nitrogens with two attached hydrogens (primary N) is 1. The molecule has 0 spiro atoms. The number of hydrogen-bond acceptors (Lipinski definition) is 4. The van der Waals surface area contributed by atoms with Crippen LogP contribution in [0.2, 0.25) is 0 Å². The van der Waals surface area contributed by atoms with E-state index in [1.165, 1.54) is 29.7 Å². The summed E-state index contributed by atoms with van der Waals surface area (Å²) in [6, 6.07) is 0. The van der Waals surface area contributed by atoms with Gasteiger partial charge in [0.25, 0.3) is 16.4 Å². The fourth-order valence-corrected chi connectivity index (χ4v) is 3.15. The fourth-order valence-electron chi connectivity index (χ4n) is 1.03. The Labute approximate surface area is 104 Å². The van der Waals surface area contributed by atoms with Gasteiger partial charge in [-0.2, -0.15) is 0 Å². The molecule has 2 N–H and O–H groups in total. The van der Waals surface area contributed by atoms with Gasteiger partial charge in [0.1, 0.15) is 5.75 Å². The van der Waals surface area contributed by atoms with Gasteiger partial charge in [-0.25, -0.2) is 27.3 Å². The summed E-state index contributed by atoms with van der Waals surface area (Å²) < 4.78 is 51.9. The largest absolute Gasteiger partial charge is 0.495 e. The van der Waals surface area contributed by atoms with Crippen LogP contribution in [0, 0.1) is 3.57 Å². The second-order valence-electron chi connectivity index (χ2n) is 2.71. The number of primary sulfonamides is 1. The number of ether oxygens (including phenoxy) is 1. The average Bonchev–Trinajstić information content (AvgIpc) is 2.14. The van der Waals surface area contributed by atoms with Gasteiger partial charge in [-0.1, -0.05) is 0 Å². The first-order valence-electron chi connectivity index (χ1n) is 3.82. The van der Waals surface area contributed by atoms with Crippen molar-refractivity contribution in [2.45, 2.75) is 11.5 Å². The topological polar surface area (TPSA) is 82.3 Å². The highest BCUT2D eigenvalue weighted by Gasteiger charge is 2.25. The normalized spacial score (nSPS) is 11.9. The van der Waals surface area contributed by atoms with Crippen molar-refractivity contribution in [3.63, 3.8) is 0 Å². The van der Waals surface area contributed by atoms with Crippen molar-refractivity contribution >= 4 is 32.6 Å². The molecule has 0 unspecified atom stereocenters. The lowest BCUT2D eigenvalue weighted by Gasteiger charge is -2.11. The molecule has 0 radical (unpaired) electrons. The summed E-state index contributed by atoms with van der Waals surface area (Å²) in [5, 5.41) is 4.26. The zero-order valence-electron chi connectivity index (χ0n) is 7.95. The van der Waals surface area contributed by atoms with E-state index in [-0.39, 0.29) is 9.32 Å². The molecule has 16 heavy (non-hydrogen) atoms. The minimum absolute atomic E-state index is 0.174. The number of sulfonamides is 1. The van der Waals surface area contributed by atoms with Gasteiger partial charge in [-0.3, -0.25) is 0 Å². The molecule has 0 saturated heterocycles. The van der Waals surface area contributed by atoms with Crippen molar-refractivity contribution < 1.29 is 21.9 Å². The molecular weight excluding hydrogens is 357 g/mol. The molecule has 9 heteroatoms. The fraction of sp³-hybridized carbons (Fsp3) is 0.286. The molecule has 0 aliphatic rings. The van der Waals surface area contributed by atoms with E-state index in [9.17, 15) is 17.2 Å². The summed E-state index contributed by atoms with van der Waals surface area (Å²) in [5.74, 6) is -0.174. The maximum atomic E-state index is 12.7. The predicted octanol–water partition coefficient (Wildman–Crippen LogP) is 1.28. The molecule has 0 bridgehead atoms. The Balaban J connectivity index is 3.57. The number of nitrogens with zero attached hydrogens (tertiary/aromatic N) is 1. The highest BCUT2D eigenvalue weighted by atomic mass is 127. The van der Waals surface area contributed by atoms with Gasteiger partial charge in [0.2, 0.25) is 0 Å². The zero-order chi connectivity index (χ0) is 12.5. The smallest absolute Gasteiger partial charge is 0.268 e. The molecule has 0 aliphatic carbocycles. The van der Waals surface area contributed by atoms with Crippen LogP contribution in [0.25, 0.3) is 0 Å². The Morgan fingerprint density at radius 3 is 2.50 bits per heavy atom. The lowest BCUT2D eigenvalue weighted by Crippen LogP contribution is -2.17. The van der Waals surface area contributed by atoms with Gasteiger partial charge in [0.05, 0.1) is 22.4 Å². The third kappa shape index (κ3) is 2.58. The van der Waals surface area contributed by atoms with Crippen LogP contribution in [0.1, 0.15) is 12.0 Å². The molecule has 0 atom stereocenters. The van der Waals surface area contributed by atoms with Crippen molar-refractivity contribution in [1.82, 2.24) is 4.98 Å². The second-order valence-corrected chi connectivity index (χ2v) is 5.26. The molecule has 5 nitrogen and oxygen atoms in total. The maximum Gasteiger partial charge on any atom is 0.268 e. The van der Waals surface area contributed by atoms with E-state index < -0.39 is 27.0 Å². The van der Waals surface area contributed by atoms with Crippen LogP contribution in [0.5, 0.6) is 5.75 Å². The van der Waals surface area contributed by atoms with Crippen LogP contribution in [0.4, 0.5) is 8.78 Å². The SMILES string of the molecule is COc1cnc(S(N)(=O)=O)c(I)c1C(F)F. The molecule has 0 aromatic carbocycles. The number of alkyl halides is 2. The van der Waals surface area contributed by atoms with Crippen LogP contribution >= 0.6 is 22.6 Å². The number of hydrogen-bond donors (Lipinski definition) is 1. The van der Waals surface area contributed by atoms with Gasteiger partial charge < -0.3 is 4.74 Å². The average molecular weight is 364 g/mol. The first kappa shape index (κ1) is 13.5. The van der Waals surface area contributed by atoms with Crippen LogP contribution in [-0.2, 0) is 10.0 Å². The summed E-state index contributed by atoms with van der Waals surface area (Å²) in [6.45, 7) is 0. The lowest BCUT2D eigenvalue weighted by molar-refractivity contribution is 0.145. The molecule has 1 heterocycles. The van der Waals surface area contributed by atoms with Gasteiger partial charge in [-0.05, 0) is 22.6 Å². The lowest BCUT2D eigenvalue weighted by atomic mass is 10.2. The highest BCUT2D eigenvalue weighted by Crippen LogP contribution is 2.34. The Bertz CT molecular complexity index is 507. The molecule has 90 valence electrons. The Hall–Kier alpha value is -0.550. The number of halogens is 3. The molecule has 0 fully saturated rings. The third-order valence-corrected chi connectivity index (χ3v) is 4.00. The summed E-state index contributed by atoms with van der Waals surface area (Å²) in [6.07, 6.45) is -1.96. The van der Waals surface area contributed by atoms with Crippen LogP contribution in [0.3, 0.4) is 0 Å². The summed E-state index contributed by atoms with van der Waals surface area (Å²) in [5.41, 5.74) is -0.526. The maximum absolute atomic E-state index is 12.7. The van der Waals surface area contributed by atoms with Crippen molar-refractivity contribution in [3.8, 4) is 5.75 Å². The van der Waals surface area contributed by atoms with Gasteiger partial charge >= 0.3 is 0 Å². The quantitative estimate of drug-likeness (QED) is 0.820. The van der Waals surface area contributed by atoms with Crippen molar-refractivity contribution in [2.24, 2.45) is 5.14 Å². The Morgan fingerprint density at radius 1 is 1.56 bits per heavy atom. The van der Waals surface area contributed by atoms with E-state index in [1.807, 2.05) is 0 Å². The first-order chi connectivity index (χ1) is 7.29. The van der Waals surface area contributed by atoms with E-state index >= 15 is 0 Å². The standard InChI is InChI=1S/C7H7F2IN2O3S/c1-15-3-2-12-7(16(11,13)14)5(10)4(3)6(8)9/h2,6H,1H3,(H2,11,13,14). The minimum atomic E-state index is -4.12.